The van der Waals surface area contributed by atoms with E-state index >= 15 is 0 Å². The van der Waals surface area contributed by atoms with Crippen LogP contribution in [0.15, 0.2) is 48.5 Å². The van der Waals surface area contributed by atoms with E-state index in [4.69, 9.17) is 4.74 Å². The average Bonchev–Trinajstić information content (AvgIpc) is 2.96. The van der Waals surface area contributed by atoms with Crippen LogP contribution in [0.3, 0.4) is 0 Å². The van der Waals surface area contributed by atoms with Gasteiger partial charge in [-0.15, -0.1) is 0 Å². The number of carbonyl (C=O) groups is 1. The fourth-order valence-electron chi connectivity index (χ4n) is 3.06. The predicted octanol–water partition coefficient (Wildman–Crippen LogP) is 3.52. The van der Waals surface area contributed by atoms with Crippen LogP contribution in [0.4, 0.5) is 0 Å². The molecule has 0 bridgehead atoms. The van der Waals surface area contributed by atoms with Crippen molar-refractivity contribution in [2.24, 2.45) is 0 Å². The van der Waals surface area contributed by atoms with Crippen LogP contribution in [0.5, 0.6) is 5.75 Å². The first-order chi connectivity index (χ1) is 10.6. The van der Waals surface area contributed by atoms with E-state index in [0.29, 0.717) is 0 Å². The molecule has 3 heteroatoms. The lowest BCUT2D eigenvalue weighted by Crippen LogP contribution is -2.34. The lowest BCUT2D eigenvalue weighted by molar-refractivity contribution is -0.134. The Morgan fingerprint density at radius 3 is 2.86 bits per heavy atom. The van der Waals surface area contributed by atoms with Crippen molar-refractivity contribution in [2.75, 3.05) is 13.7 Å². The highest BCUT2D eigenvalue weighted by Gasteiger charge is 2.28. The van der Waals surface area contributed by atoms with Crippen molar-refractivity contribution >= 4 is 5.91 Å². The van der Waals surface area contributed by atoms with Crippen LogP contribution in [-0.2, 0) is 11.2 Å². The molecule has 0 heterocycles. The molecule has 0 fully saturated rings. The summed E-state index contributed by atoms with van der Waals surface area (Å²) in [6.07, 6.45) is 2.03. The number of ether oxygens (including phenoxy) is 1. The molecule has 0 spiro atoms. The molecule has 2 aromatic rings. The maximum atomic E-state index is 12.4. The standard InChI is InChI=1S/C19H21NO2/c1-14-6-5-8-16(12-14)22-13-19(21)20(2)18-11-10-15-7-3-4-9-17(15)18/h3-9,12,18H,10-11,13H2,1-2H3. The summed E-state index contributed by atoms with van der Waals surface area (Å²) in [5.41, 5.74) is 3.75. The zero-order valence-corrected chi connectivity index (χ0v) is 13.1. The van der Waals surface area contributed by atoms with Crippen LogP contribution in [0.2, 0.25) is 0 Å². The first kappa shape index (κ1) is 14.6. The molecule has 0 saturated carbocycles. The number of fused-ring (bicyclic) bond motifs is 1. The summed E-state index contributed by atoms with van der Waals surface area (Å²) in [6.45, 7) is 2.09. The summed E-state index contributed by atoms with van der Waals surface area (Å²) in [7, 11) is 1.87. The molecule has 1 atom stereocenters. The minimum absolute atomic E-state index is 0.0169. The van der Waals surface area contributed by atoms with Crippen molar-refractivity contribution in [3.05, 3.63) is 65.2 Å². The number of hydrogen-bond acceptors (Lipinski definition) is 2. The van der Waals surface area contributed by atoms with Gasteiger partial charge in [-0.3, -0.25) is 4.79 Å². The molecule has 0 aromatic heterocycles. The van der Waals surface area contributed by atoms with Crippen LogP contribution >= 0.6 is 0 Å². The Bertz CT molecular complexity index is 681. The van der Waals surface area contributed by atoms with Crippen molar-refractivity contribution in [3.8, 4) is 5.75 Å². The number of carbonyl (C=O) groups excluding carboxylic acids is 1. The second kappa shape index (κ2) is 6.22. The molecule has 0 aliphatic heterocycles. The van der Waals surface area contributed by atoms with Crippen LogP contribution in [0.1, 0.15) is 29.2 Å². The van der Waals surface area contributed by atoms with Gasteiger partial charge in [-0.1, -0.05) is 36.4 Å². The average molecular weight is 295 g/mol. The maximum Gasteiger partial charge on any atom is 0.260 e. The fraction of sp³-hybridized carbons (Fsp3) is 0.316. The van der Waals surface area contributed by atoms with Crippen LogP contribution < -0.4 is 4.74 Å². The Morgan fingerprint density at radius 2 is 2.05 bits per heavy atom. The van der Waals surface area contributed by atoms with Gasteiger partial charge in [0.2, 0.25) is 0 Å². The van der Waals surface area contributed by atoms with Crippen molar-refractivity contribution in [2.45, 2.75) is 25.8 Å². The van der Waals surface area contributed by atoms with E-state index in [9.17, 15) is 4.79 Å². The molecule has 114 valence electrons. The first-order valence-electron chi connectivity index (χ1n) is 7.68. The SMILES string of the molecule is Cc1cccc(OCC(=O)N(C)C2CCc3ccccc32)c1. The summed E-state index contributed by atoms with van der Waals surface area (Å²) in [5, 5.41) is 0. The minimum Gasteiger partial charge on any atom is -0.484 e. The highest BCUT2D eigenvalue weighted by atomic mass is 16.5. The summed E-state index contributed by atoms with van der Waals surface area (Å²) in [6, 6.07) is 16.3. The second-order valence-corrected chi connectivity index (χ2v) is 5.86. The molecule has 0 saturated heterocycles. The molecule has 1 amide bonds. The van der Waals surface area contributed by atoms with Gasteiger partial charge in [0.05, 0.1) is 6.04 Å². The van der Waals surface area contributed by atoms with E-state index in [0.717, 1.165) is 24.2 Å². The minimum atomic E-state index is 0.0169. The topological polar surface area (TPSA) is 29.5 Å². The highest BCUT2D eigenvalue weighted by molar-refractivity contribution is 5.78. The van der Waals surface area contributed by atoms with E-state index in [1.807, 2.05) is 49.2 Å². The van der Waals surface area contributed by atoms with Crippen molar-refractivity contribution in [3.63, 3.8) is 0 Å². The summed E-state index contributed by atoms with van der Waals surface area (Å²) >= 11 is 0. The largest absolute Gasteiger partial charge is 0.484 e. The number of rotatable bonds is 4. The third kappa shape index (κ3) is 2.98. The number of aryl methyl sites for hydroxylation is 2. The smallest absolute Gasteiger partial charge is 0.260 e. The number of likely N-dealkylation sites (N-methyl/N-ethyl adjacent to an activating group) is 1. The third-order valence-corrected chi connectivity index (χ3v) is 4.31. The maximum absolute atomic E-state index is 12.4. The fourth-order valence-corrected chi connectivity index (χ4v) is 3.06. The Hall–Kier alpha value is -2.29. The third-order valence-electron chi connectivity index (χ3n) is 4.31. The molecule has 3 nitrogen and oxygen atoms in total. The lowest BCUT2D eigenvalue weighted by Gasteiger charge is -2.25. The van der Waals surface area contributed by atoms with E-state index in [1.165, 1.54) is 11.1 Å². The van der Waals surface area contributed by atoms with Crippen LogP contribution in [-0.4, -0.2) is 24.5 Å². The highest BCUT2D eigenvalue weighted by Crippen LogP contribution is 2.34. The summed E-state index contributed by atoms with van der Waals surface area (Å²) in [5.74, 6) is 0.761. The van der Waals surface area contributed by atoms with Gasteiger partial charge < -0.3 is 9.64 Å². The molecule has 1 aliphatic carbocycles. The van der Waals surface area contributed by atoms with Crippen LogP contribution in [0, 0.1) is 6.92 Å². The Balaban J connectivity index is 1.63. The van der Waals surface area contributed by atoms with Gasteiger partial charge in [0.1, 0.15) is 5.75 Å². The molecule has 2 aromatic carbocycles. The van der Waals surface area contributed by atoms with Gasteiger partial charge in [-0.2, -0.15) is 0 Å². The van der Waals surface area contributed by atoms with Crippen molar-refractivity contribution < 1.29 is 9.53 Å². The predicted molar refractivity (Wildman–Crippen MR) is 86.9 cm³/mol. The number of hydrogen-bond donors (Lipinski definition) is 0. The van der Waals surface area contributed by atoms with E-state index in [1.54, 1.807) is 0 Å². The normalized spacial score (nSPS) is 16.2. The quantitative estimate of drug-likeness (QED) is 0.863. The van der Waals surface area contributed by atoms with Gasteiger partial charge in [0.25, 0.3) is 5.91 Å². The summed E-state index contributed by atoms with van der Waals surface area (Å²) in [4.78, 5) is 14.2. The van der Waals surface area contributed by atoms with E-state index in [-0.39, 0.29) is 18.6 Å². The zero-order valence-electron chi connectivity index (χ0n) is 13.1. The van der Waals surface area contributed by atoms with E-state index in [2.05, 4.69) is 18.2 Å². The number of amides is 1. The molecule has 1 unspecified atom stereocenters. The van der Waals surface area contributed by atoms with Gasteiger partial charge in [0, 0.05) is 7.05 Å². The van der Waals surface area contributed by atoms with Crippen LogP contribution in [0.25, 0.3) is 0 Å². The van der Waals surface area contributed by atoms with Gasteiger partial charge >= 0.3 is 0 Å². The second-order valence-electron chi connectivity index (χ2n) is 5.86. The molecule has 22 heavy (non-hydrogen) atoms. The molecule has 3 rings (SSSR count). The van der Waals surface area contributed by atoms with E-state index < -0.39 is 0 Å². The number of benzene rings is 2. The molecular weight excluding hydrogens is 274 g/mol. The Morgan fingerprint density at radius 1 is 1.23 bits per heavy atom. The van der Waals surface area contributed by atoms with Gasteiger partial charge in [-0.25, -0.2) is 0 Å². The Kier molecular flexibility index (Phi) is 4.14. The monoisotopic (exact) mass is 295 g/mol. The van der Waals surface area contributed by atoms with Gasteiger partial charge in [0.15, 0.2) is 6.61 Å². The first-order valence-corrected chi connectivity index (χ1v) is 7.68. The van der Waals surface area contributed by atoms with Crippen molar-refractivity contribution in [1.82, 2.24) is 4.90 Å². The molecule has 0 N–H and O–H groups in total. The molecule has 1 aliphatic rings. The lowest BCUT2D eigenvalue weighted by atomic mass is 10.1. The molecular formula is C19H21NO2. The van der Waals surface area contributed by atoms with Crippen molar-refractivity contribution in [1.29, 1.82) is 0 Å². The molecule has 0 radical (unpaired) electrons. The van der Waals surface area contributed by atoms with Gasteiger partial charge in [-0.05, 0) is 48.6 Å². The number of nitrogens with zero attached hydrogens (tertiary/aromatic N) is 1. The summed E-state index contributed by atoms with van der Waals surface area (Å²) < 4.78 is 5.63. The Labute approximate surface area is 131 Å². The zero-order chi connectivity index (χ0) is 15.5.